The number of carbonyl (C=O) groups is 2. The molecule has 0 atom stereocenters. The highest BCUT2D eigenvalue weighted by Crippen LogP contribution is 2.39. The fourth-order valence-corrected chi connectivity index (χ4v) is 2.50. The van der Waals surface area contributed by atoms with Gasteiger partial charge in [-0.1, -0.05) is 11.6 Å². The Labute approximate surface area is 178 Å². The second-order valence-corrected chi connectivity index (χ2v) is 6.21. The molecule has 0 spiro atoms. The van der Waals surface area contributed by atoms with Crippen LogP contribution in [-0.2, 0) is 15.7 Å². The Balaban J connectivity index is 2.22. The van der Waals surface area contributed by atoms with E-state index in [1.807, 2.05) is 6.07 Å². The van der Waals surface area contributed by atoms with Crippen molar-refractivity contribution in [2.24, 2.45) is 0 Å². The van der Waals surface area contributed by atoms with E-state index >= 15 is 0 Å². The first-order chi connectivity index (χ1) is 14.5. The van der Waals surface area contributed by atoms with Gasteiger partial charge in [-0.15, -0.1) is 0 Å². The molecular formula is C19H14ClF4N3O4. The first-order valence-corrected chi connectivity index (χ1v) is 8.91. The van der Waals surface area contributed by atoms with Crippen molar-refractivity contribution >= 4 is 29.3 Å². The van der Waals surface area contributed by atoms with Crippen LogP contribution in [-0.4, -0.2) is 25.2 Å². The van der Waals surface area contributed by atoms with Crippen LogP contribution in [0.3, 0.4) is 0 Å². The molecule has 164 valence electrons. The second-order valence-electron chi connectivity index (χ2n) is 5.80. The fourth-order valence-electron chi connectivity index (χ4n) is 2.26. The highest BCUT2D eigenvalue weighted by Gasteiger charge is 2.32. The summed E-state index contributed by atoms with van der Waals surface area (Å²) in [5.74, 6) is -2.83. The molecule has 0 unspecified atom stereocenters. The van der Waals surface area contributed by atoms with Gasteiger partial charge in [0.2, 0.25) is 0 Å². The number of alkyl halides is 3. The maximum atomic E-state index is 14.1. The highest BCUT2D eigenvalue weighted by molar-refractivity contribution is 6.32. The standard InChI is InChI=1S/C19H14ClF4N3O4/c1-2-30-16(28)9-26-18(29)27-15-7-12(4-3-10(15)8-25)31-17-13(20)5-11(6-14(17)21)19(22,23)24/h3-7H,2,9H2,1H3,(H2,26,27,29). The molecule has 31 heavy (non-hydrogen) atoms. The summed E-state index contributed by atoms with van der Waals surface area (Å²) in [6.07, 6.45) is -4.80. The molecule has 12 heteroatoms. The number of urea groups is 1. The zero-order chi connectivity index (χ0) is 23.2. The monoisotopic (exact) mass is 459 g/mol. The third-order valence-electron chi connectivity index (χ3n) is 3.60. The average molecular weight is 460 g/mol. The number of nitrogens with zero attached hydrogens (tertiary/aromatic N) is 1. The van der Waals surface area contributed by atoms with Crippen molar-refractivity contribution in [1.29, 1.82) is 5.26 Å². The number of hydrogen-bond donors (Lipinski definition) is 2. The van der Waals surface area contributed by atoms with Crippen LogP contribution in [0.2, 0.25) is 5.02 Å². The third kappa shape index (κ3) is 6.48. The molecule has 2 aromatic carbocycles. The molecule has 0 saturated carbocycles. The van der Waals surface area contributed by atoms with Gasteiger partial charge in [-0.25, -0.2) is 9.18 Å². The summed E-state index contributed by atoms with van der Waals surface area (Å²) in [4.78, 5) is 23.2. The maximum absolute atomic E-state index is 14.1. The lowest BCUT2D eigenvalue weighted by Gasteiger charge is -2.14. The molecule has 2 N–H and O–H groups in total. The van der Waals surface area contributed by atoms with Crippen molar-refractivity contribution in [3.63, 3.8) is 0 Å². The number of amides is 2. The molecule has 2 rings (SSSR count). The lowest BCUT2D eigenvalue weighted by molar-refractivity contribution is -0.141. The van der Waals surface area contributed by atoms with Crippen molar-refractivity contribution < 1.29 is 36.6 Å². The van der Waals surface area contributed by atoms with Gasteiger partial charge in [0.05, 0.1) is 28.4 Å². The first-order valence-electron chi connectivity index (χ1n) is 8.53. The van der Waals surface area contributed by atoms with Gasteiger partial charge in [0.25, 0.3) is 0 Å². The topological polar surface area (TPSA) is 100 Å². The number of rotatable bonds is 6. The Kier molecular flexibility index (Phi) is 7.66. The minimum atomic E-state index is -4.80. The number of nitriles is 1. The van der Waals surface area contributed by atoms with Crippen molar-refractivity contribution in [1.82, 2.24) is 5.32 Å². The van der Waals surface area contributed by atoms with E-state index in [0.717, 1.165) is 6.07 Å². The Morgan fingerprint density at radius 2 is 1.94 bits per heavy atom. The van der Waals surface area contributed by atoms with E-state index < -0.39 is 46.9 Å². The van der Waals surface area contributed by atoms with Crippen LogP contribution >= 0.6 is 11.6 Å². The zero-order valence-corrected chi connectivity index (χ0v) is 16.5. The average Bonchev–Trinajstić information content (AvgIpc) is 2.69. The van der Waals surface area contributed by atoms with E-state index in [9.17, 15) is 32.4 Å². The largest absolute Gasteiger partial charge is 0.465 e. The first kappa shape index (κ1) is 23.8. The minimum absolute atomic E-state index is 0.00220. The second kappa shape index (κ2) is 9.99. The molecule has 0 aliphatic heterocycles. The molecule has 0 fully saturated rings. The molecule has 0 heterocycles. The number of nitrogens with one attached hydrogen (secondary N) is 2. The maximum Gasteiger partial charge on any atom is 0.416 e. The van der Waals surface area contributed by atoms with Crippen LogP contribution < -0.4 is 15.4 Å². The quantitative estimate of drug-likeness (QED) is 0.475. The fraction of sp³-hybridized carbons (Fsp3) is 0.211. The number of ether oxygens (including phenoxy) is 2. The Hall–Kier alpha value is -3.52. The van der Waals surface area contributed by atoms with Crippen LogP contribution in [0, 0.1) is 17.1 Å². The van der Waals surface area contributed by atoms with Crippen LogP contribution in [0.1, 0.15) is 18.1 Å². The highest BCUT2D eigenvalue weighted by atomic mass is 35.5. The van der Waals surface area contributed by atoms with E-state index in [4.69, 9.17) is 16.3 Å². The van der Waals surface area contributed by atoms with Crippen molar-refractivity contribution in [2.75, 3.05) is 18.5 Å². The Bertz CT molecular complexity index is 1010. The molecular weight excluding hydrogens is 446 g/mol. The van der Waals surface area contributed by atoms with Crippen molar-refractivity contribution in [3.05, 3.63) is 52.3 Å². The van der Waals surface area contributed by atoms with Crippen LogP contribution in [0.25, 0.3) is 0 Å². The Morgan fingerprint density at radius 3 is 2.52 bits per heavy atom. The number of carbonyl (C=O) groups excluding carboxylic acids is 2. The van der Waals surface area contributed by atoms with Gasteiger partial charge in [-0.2, -0.15) is 18.4 Å². The molecule has 0 aromatic heterocycles. The van der Waals surface area contributed by atoms with Gasteiger partial charge < -0.3 is 20.1 Å². The van der Waals surface area contributed by atoms with Gasteiger partial charge >= 0.3 is 18.2 Å². The van der Waals surface area contributed by atoms with Gasteiger partial charge in [-0.3, -0.25) is 4.79 Å². The van der Waals surface area contributed by atoms with Gasteiger partial charge in [0.15, 0.2) is 11.6 Å². The van der Waals surface area contributed by atoms with Gasteiger partial charge in [-0.05, 0) is 31.2 Å². The number of anilines is 1. The summed E-state index contributed by atoms with van der Waals surface area (Å²) in [7, 11) is 0. The van der Waals surface area contributed by atoms with E-state index in [1.54, 1.807) is 6.92 Å². The van der Waals surface area contributed by atoms with Gasteiger partial charge in [0.1, 0.15) is 18.4 Å². The summed E-state index contributed by atoms with van der Waals surface area (Å²) in [6, 6.07) is 5.29. The van der Waals surface area contributed by atoms with Crippen molar-refractivity contribution in [2.45, 2.75) is 13.1 Å². The summed E-state index contributed by atoms with van der Waals surface area (Å²) in [6.45, 7) is 1.29. The molecule has 7 nitrogen and oxygen atoms in total. The van der Waals surface area contributed by atoms with Gasteiger partial charge in [0, 0.05) is 6.07 Å². The Morgan fingerprint density at radius 1 is 1.23 bits per heavy atom. The SMILES string of the molecule is CCOC(=O)CNC(=O)Nc1cc(Oc2c(F)cc(C(F)(F)F)cc2Cl)ccc1C#N. The molecule has 0 bridgehead atoms. The molecule has 2 amide bonds. The predicted molar refractivity (Wildman–Crippen MR) is 101 cm³/mol. The predicted octanol–water partition coefficient (Wildman–Crippen LogP) is 4.85. The number of halogens is 5. The lowest BCUT2D eigenvalue weighted by Crippen LogP contribution is -2.34. The van der Waals surface area contributed by atoms with E-state index in [2.05, 4.69) is 15.4 Å². The van der Waals surface area contributed by atoms with Crippen molar-refractivity contribution in [3.8, 4) is 17.6 Å². The molecule has 0 radical (unpaired) electrons. The smallest absolute Gasteiger partial charge is 0.416 e. The molecule has 0 aliphatic rings. The number of esters is 1. The number of hydrogen-bond acceptors (Lipinski definition) is 5. The lowest BCUT2D eigenvalue weighted by atomic mass is 10.1. The number of benzene rings is 2. The van der Waals surface area contributed by atoms with E-state index in [1.165, 1.54) is 12.1 Å². The summed E-state index contributed by atoms with van der Waals surface area (Å²) >= 11 is 5.73. The summed E-state index contributed by atoms with van der Waals surface area (Å²) in [5, 5.41) is 13.1. The van der Waals surface area contributed by atoms with E-state index in [0.29, 0.717) is 6.07 Å². The molecule has 0 saturated heterocycles. The minimum Gasteiger partial charge on any atom is -0.465 e. The van der Waals surface area contributed by atoms with Crippen LogP contribution in [0.5, 0.6) is 11.5 Å². The molecule has 2 aromatic rings. The van der Waals surface area contributed by atoms with E-state index in [-0.39, 0.29) is 29.7 Å². The molecule has 0 aliphatic carbocycles. The normalized spacial score (nSPS) is 10.7. The summed E-state index contributed by atoms with van der Waals surface area (Å²) in [5.41, 5.74) is -1.36. The van der Waals surface area contributed by atoms with Crippen LogP contribution in [0.4, 0.5) is 28.0 Å². The summed E-state index contributed by atoms with van der Waals surface area (Å²) < 4.78 is 62.3. The van der Waals surface area contributed by atoms with Crippen LogP contribution in [0.15, 0.2) is 30.3 Å². The third-order valence-corrected chi connectivity index (χ3v) is 3.88. The zero-order valence-electron chi connectivity index (χ0n) is 15.8.